The molecule has 8 heteroatoms. The molecule has 26 heavy (non-hydrogen) atoms. The highest BCUT2D eigenvalue weighted by Gasteiger charge is 2.25. The van der Waals surface area contributed by atoms with Gasteiger partial charge in [0.05, 0.1) is 12.3 Å². The van der Waals surface area contributed by atoms with Crippen molar-refractivity contribution < 1.29 is 19.9 Å². The normalized spacial score (nSPS) is 11.8. The third kappa shape index (κ3) is 5.66. The Hall–Kier alpha value is -3.28. The van der Waals surface area contributed by atoms with Crippen LogP contribution in [-0.2, 0) is 4.79 Å². The van der Waals surface area contributed by atoms with Gasteiger partial charge in [-0.05, 0) is 37.1 Å². The van der Waals surface area contributed by atoms with Crippen molar-refractivity contribution in [2.24, 2.45) is 0 Å². The van der Waals surface area contributed by atoms with Crippen molar-refractivity contribution in [2.45, 2.75) is 26.5 Å². The molecule has 0 saturated carbocycles. The Morgan fingerprint density at radius 3 is 2.38 bits per heavy atom. The summed E-state index contributed by atoms with van der Waals surface area (Å²) in [6.45, 7) is 1.32. The van der Waals surface area contributed by atoms with Crippen molar-refractivity contribution >= 4 is 11.8 Å². The van der Waals surface area contributed by atoms with Crippen LogP contribution < -0.4 is 10.8 Å². The number of hydroxylamine groups is 1. The minimum atomic E-state index is -1.27. The van der Waals surface area contributed by atoms with Crippen LogP contribution in [0.4, 0.5) is 0 Å². The van der Waals surface area contributed by atoms with E-state index in [1.54, 1.807) is 24.5 Å². The average Bonchev–Trinajstić information content (AvgIpc) is 2.64. The first-order valence-electron chi connectivity index (χ1n) is 7.32. The van der Waals surface area contributed by atoms with Crippen LogP contribution in [0.25, 0.3) is 0 Å². The molecule has 2 aromatic rings. The molecule has 0 radical (unpaired) electrons. The van der Waals surface area contributed by atoms with Crippen molar-refractivity contribution in [1.29, 1.82) is 0 Å². The molecule has 0 bridgehead atoms. The predicted octanol–water partition coefficient (Wildman–Crippen LogP) is 0.497. The molecule has 0 aliphatic rings. The largest absolute Gasteiger partial charge is 0.391 e. The summed E-state index contributed by atoms with van der Waals surface area (Å²) in [6.07, 6.45) is 3.46. The Kier molecular flexibility index (Phi) is 7.89. The number of carbonyl (C=O) groups excluding carboxylic acids is 2. The lowest BCUT2D eigenvalue weighted by Crippen LogP contribution is -2.51. The van der Waals surface area contributed by atoms with Crippen LogP contribution in [0.5, 0.6) is 0 Å². The molecule has 0 spiro atoms. The van der Waals surface area contributed by atoms with Crippen molar-refractivity contribution in [3.8, 4) is 11.8 Å². The smallest absolute Gasteiger partial charge is 0.268 e. The number of rotatable bonds is 4. The van der Waals surface area contributed by atoms with E-state index in [1.165, 1.54) is 30.7 Å². The van der Waals surface area contributed by atoms with Crippen LogP contribution in [-0.4, -0.2) is 44.2 Å². The topological polar surface area (TPSA) is 124 Å². The first-order chi connectivity index (χ1) is 12.0. The second-order valence-corrected chi connectivity index (χ2v) is 5.09. The number of benzene rings is 1. The van der Waals surface area contributed by atoms with Crippen molar-refractivity contribution in [3.05, 3.63) is 59.7 Å². The summed E-state index contributed by atoms with van der Waals surface area (Å²) in [4.78, 5) is 31.5. The monoisotopic (exact) mass is 356 g/mol. The molecule has 4 N–H and O–H groups in total. The van der Waals surface area contributed by atoms with Crippen molar-refractivity contribution in [1.82, 2.24) is 20.8 Å². The zero-order valence-electron chi connectivity index (χ0n) is 13.3. The molecule has 2 rings (SSSR count). The number of nitrogens with zero attached hydrogens (tertiary/aromatic N) is 2. The standard InChI is InChI=1S/C17H16N4O4.CH4/c1-11(22)15(17(24)21-25)20-16(23)13-5-2-12(3-6-13)4-7-14-10-18-8-9-19-14;/h2-3,5-6,8-11,15,22,25H,1H3,(H,20,23)(H,21,24);1H4/t11-,15+;/m1./s1. The number of nitrogens with one attached hydrogen (secondary N) is 2. The number of carbonyl (C=O) groups is 2. The molecule has 136 valence electrons. The Bertz CT molecular complexity index is 795. The third-order valence-electron chi connectivity index (χ3n) is 3.21. The summed E-state index contributed by atoms with van der Waals surface area (Å²) in [6, 6.07) is 5.08. The van der Waals surface area contributed by atoms with E-state index in [1.807, 2.05) is 0 Å². The first-order valence-corrected chi connectivity index (χ1v) is 7.32. The van der Waals surface area contributed by atoms with E-state index < -0.39 is 24.0 Å². The highest BCUT2D eigenvalue weighted by molar-refractivity contribution is 5.97. The summed E-state index contributed by atoms with van der Waals surface area (Å²) < 4.78 is 0. The molecular weight excluding hydrogens is 336 g/mol. The minimum Gasteiger partial charge on any atom is -0.391 e. The van der Waals surface area contributed by atoms with Gasteiger partial charge in [-0.2, -0.15) is 0 Å². The van der Waals surface area contributed by atoms with E-state index in [9.17, 15) is 14.7 Å². The first kappa shape index (κ1) is 20.8. The van der Waals surface area contributed by atoms with Gasteiger partial charge in [0.1, 0.15) is 11.7 Å². The zero-order chi connectivity index (χ0) is 18.2. The molecule has 2 atom stereocenters. The fraction of sp³-hybridized carbons (Fsp3) is 0.222. The van der Waals surface area contributed by atoms with E-state index in [0.717, 1.165) is 0 Å². The SMILES string of the molecule is C.C[C@@H](O)[C@H](NC(=O)c1ccc(C#Cc2cnccn2)cc1)C(=O)NO. The molecule has 8 nitrogen and oxygen atoms in total. The molecule has 0 aliphatic heterocycles. The number of hydrogen-bond acceptors (Lipinski definition) is 6. The van der Waals surface area contributed by atoms with Crippen LogP contribution in [0, 0.1) is 11.8 Å². The Morgan fingerprint density at radius 2 is 1.85 bits per heavy atom. The second kappa shape index (κ2) is 9.88. The van der Waals surface area contributed by atoms with Crippen molar-refractivity contribution in [2.75, 3.05) is 0 Å². The number of aliphatic hydroxyl groups is 1. The van der Waals surface area contributed by atoms with E-state index in [4.69, 9.17) is 5.21 Å². The van der Waals surface area contributed by atoms with Gasteiger partial charge in [-0.15, -0.1) is 0 Å². The second-order valence-electron chi connectivity index (χ2n) is 5.09. The van der Waals surface area contributed by atoms with Crippen LogP contribution in [0.1, 0.15) is 36.0 Å². The van der Waals surface area contributed by atoms with Crippen LogP contribution in [0.3, 0.4) is 0 Å². The quantitative estimate of drug-likeness (QED) is 0.359. The molecule has 1 heterocycles. The van der Waals surface area contributed by atoms with E-state index in [2.05, 4.69) is 27.1 Å². The van der Waals surface area contributed by atoms with Gasteiger partial charge in [-0.25, -0.2) is 10.5 Å². The molecule has 0 saturated heterocycles. The number of aromatic nitrogens is 2. The van der Waals surface area contributed by atoms with Crippen LogP contribution in [0.15, 0.2) is 42.9 Å². The van der Waals surface area contributed by atoms with Gasteiger partial charge >= 0.3 is 0 Å². The Morgan fingerprint density at radius 1 is 1.15 bits per heavy atom. The Labute approximate surface area is 151 Å². The summed E-state index contributed by atoms with van der Waals surface area (Å²) in [5.74, 6) is 4.26. The summed E-state index contributed by atoms with van der Waals surface area (Å²) in [5, 5.41) is 20.5. The maximum atomic E-state index is 12.1. The highest BCUT2D eigenvalue weighted by Crippen LogP contribution is 2.05. The maximum absolute atomic E-state index is 12.1. The average molecular weight is 356 g/mol. The maximum Gasteiger partial charge on any atom is 0.268 e. The van der Waals surface area contributed by atoms with Crippen molar-refractivity contribution in [3.63, 3.8) is 0 Å². The highest BCUT2D eigenvalue weighted by atomic mass is 16.5. The summed E-state index contributed by atoms with van der Waals surface area (Å²) in [5.41, 5.74) is 2.88. The van der Waals surface area contributed by atoms with Gasteiger partial charge in [-0.3, -0.25) is 19.8 Å². The van der Waals surface area contributed by atoms with Crippen LogP contribution >= 0.6 is 0 Å². The molecule has 0 fully saturated rings. The summed E-state index contributed by atoms with van der Waals surface area (Å²) in [7, 11) is 0. The number of aliphatic hydroxyl groups excluding tert-OH is 1. The third-order valence-corrected chi connectivity index (χ3v) is 3.21. The van der Waals surface area contributed by atoms with Gasteiger partial charge in [-0.1, -0.05) is 13.3 Å². The zero-order valence-corrected chi connectivity index (χ0v) is 13.3. The molecule has 2 amide bonds. The molecule has 1 aromatic carbocycles. The van der Waals surface area contributed by atoms with Gasteiger partial charge in [0.15, 0.2) is 0 Å². The minimum absolute atomic E-state index is 0. The van der Waals surface area contributed by atoms with E-state index >= 15 is 0 Å². The van der Waals surface area contributed by atoms with Gasteiger partial charge in [0, 0.05) is 23.5 Å². The molecule has 1 aromatic heterocycles. The molecule has 0 unspecified atom stereocenters. The number of hydrogen-bond donors (Lipinski definition) is 4. The van der Waals surface area contributed by atoms with E-state index in [0.29, 0.717) is 11.3 Å². The molecule has 0 aliphatic carbocycles. The van der Waals surface area contributed by atoms with Gasteiger partial charge < -0.3 is 10.4 Å². The lowest BCUT2D eigenvalue weighted by Gasteiger charge is -2.19. The number of amides is 2. The van der Waals surface area contributed by atoms with Gasteiger partial charge in [0.25, 0.3) is 11.8 Å². The van der Waals surface area contributed by atoms with Crippen LogP contribution in [0.2, 0.25) is 0 Å². The fourth-order valence-corrected chi connectivity index (χ4v) is 1.90. The lowest BCUT2D eigenvalue weighted by atomic mass is 10.1. The molecular formula is C18H20N4O4. The fourth-order valence-electron chi connectivity index (χ4n) is 1.90. The Balaban J connectivity index is 0.00000338. The van der Waals surface area contributed by atoms with Gasteiger partial charge in [0.2, 0.25) is 0 Å². The predicted molar refractivity (Wildman–Crippen MR) is 94.0 cm³/mol. The lowest BCUT2D eigenvalue weighted by molar-refractivity contribution is -0.133. The summed E-state index contributed by atoms with van der Waals surface area (Å²) >= 11 is 0. The van der Waals surface area contributed by atoms with E-state index in [-0.39, 0.29) is 13.0 Å².